The molecule has 0 spiro atoms. The van der Waals surface area contributed by atoms with Gasteiger partial charge in [-0.3, -0.25) is 0 Å². The smallest absolute Gasteiger partial charge is 0.126 e. The third kappa shape index (κ3) is 3.45. The summed E-state index contributed by atoms with van der Waals surface area (Å²) in [5.41, 5.74) is 1.66. The van der Waals surface area contributed by atoms with E-state index in [2.05, 4.69) is 17.2 Å². The summed E-state index contributed by atoms with van der Waals surface area (Å²) in [6, 6.07) is 5.55. The van der Waals surface area contributed by atoms with Crippen LogP contribution in [0.1, 0.15) is 36.3 Å². The van der Waals surface area contributed by atoms with E-state index in [-0.39, 0.29) is 11.9 Å². The zero-order valence-corrected chi connectivity index (χ0v) is 12.4. The molecule has 2 rings (SSSR count). The predicted octanol–water partition coefficient (Wildman–Crippen LogP) is 3.15. The van der Waals surface area contributed by atoms with Gasteiger partial charge in [-0.25, -0.2) is 9.37 Å². The highest BCUT2D eigenvalue weighted by Crippen LogP contribution is 2.20. The number of imidazole rings is 1. The molecule has 0 radical (unpaired) electrons. The lowest BCUT2D eigenvalue weighted by Crippen LogP contribution is -2.25. The molecule has 1 unspecified atom stereocenters. The molecule has 1 N–H and O–H groups in total. The van der Waals surface area contributed by atoms with E-state index in [0.29, 0.717) is 5.56 Å². The van der Waals surface area contributed by atoms with Crippen molar-refractivity contribution >= 4 is 0 Å². The van der Waals surface area contributed by atoms with Crippen molar-refractivity contribution in [3.63, 3.8) is 0 Å². The van der Waals surface area contributed by atoms with Crippen molar-refractivity contribution in [3.05, 3.63) is 53.4 Å². The molecule has 2 aromatic rings. The Balaban J connectivity index is 2.22. The van der Waals surface area contributed by atoms with Gasteiger partial charge in [-0.1, -0.05) is 19.1 Å². The Bertz CT molecular complexity index is 563. The number of hydrogen-bond donors (Lipinski definition) is 1. The van der Waals surface area contributed by atoms with Crippen LogP contribution in [0.15, 0.2) is 30.6 Å². The van der Waals surface area contributed by atoms with E-state index in [1.165, 1.54) is 0 Å². The highest BCUT2D eigenvalue weighted by Gasteiger charge is 2.15. The minimum absolute atomic E-state index is 0.0890. The topological polar surface area (TPSA) is 29.9 Å². The summed E-state index contributed by atoms with van der Waals surface area (Å²) >= 11 is 0. The maximum atomic E-state index is 13.8. The lowest BCUT2D eigenvalue weighted by atomic mass is 10.0. The summed E-state index contributed by atoms with van der Waals surface area (Å²) in [4.78, 5) is 4.36. The van der Waals surface area contributed by atoms with Crippen LogP contribution in [-0.4, -0.2) is 16.1 Å². The number of benzene rings is 1. The molecule has 1 heterocycles. The molecule has 1 aromatic heterocycles. The monoisotopic (exact) mass is 275 g/mol. The van der Waals surface area contributed by atoms with Gasteiger partial charge < -0.3 is 9.88 Å². The van der Waals surface area contributed by atoms with E-state index in [1.807, 2.05) is 29.9 Å². The van der Waals surface area contributed by atoms with Crippen LogP contribution in [0.4, 0.5) is 4.39 Å². The van der Waals surface area contributed by atoms with Gasteiger partial charge in [-0.05, 0) is 37.1 Å². The first-order valence-electron chi connectivity index (χ1n) is 7.07. The fraction of sp³-hybridized carbons (Fsp3) is 0.438. The molecule has 108 valence electrons. The van der Waals surface area contributed by atoms with Gasteiger partial charge in [0.25, 0.3) is 0 Å². The molecule has 0 bridgehead atoms. The van der Waals surface area contributed by atoms with Gasteiger partial charge >= 0.3 is 0 Å². The molecule has 1 atom stereocenters. The standard InChI is InChI=1S/C16H22FN3/c1-4-7-18-15(11-16-19-8-9-20(16)3)13-6-5-12(2)14(17)10-13/h5-6,8-10,15,18H,4,7,11H2,1-3H3. The zero-order valence-electron chi connectivity index (χ0n) is 12.4. The van der Waals surface area contributed by atoms with Crippen molar-refractivity contribution in [1.82, 2.24) is 14.9 Å². The van der Waals surface area contributed by atoms with Gasteiger partial charge in [-0.2, -0.15) is 0 Å². The van der Waals surface area contributed by atoms with E-state index in [9.17, 15) is 4.39 Å². The van der Waals surface area contributed by atoms with Crippen LogP contribution >= 0.6 is 0 Å². The Labute approximate surface area is 119 Å². The highest BCUT2D eigenvalue weighted by molar-refractivity contribution is 5.26. The second-order valence-electron chi connectivity index (χ2n) is 5.17. The molecule has 0 aliphatic carbocycles. The van der Waals surface area contributed by atoms with Crippen molar-refractivity contribution in [2.75, 3.05) is 6.54 Å². The number of nitrogens with zero attached hydrogens (tertiary/aromatic N) is 2. The fourth-order valence-electron chi connectivity index (χ4n) is 2.23. The average molecular weight is 275 g/mol. The third-order valence-electron chi connectivity index (χ3n) is 3.55. The Kier molecular flexibility index (Phi) is 4.90. The van der Waals surface area contributed by atoms with Crippen LogP contribution in [0, 0.1) is 12.7 Å². The van der Waals surface area contributed by atoms with Gasteiger partial charge in [0.15, 0.2) is 0 Å². The van der Waals surface area contributed by atoms with Crippen molar-refractivity contribution in [1.29, 1.82) is 0 Å². The molecular weight excluding hydrogens is 253 g/mol. The van der Waals surface area contributed by atoms with Crippen molar-refractivity contribution in [2.45, 2.75) is 32.7 Å². The van der Waals surface area contributed by atoms with E-state index >= 15 is 0 Å². The molecule has 0 amide bonds. The summed E-state index contributed by atoms with van der Waals surface area (Å²) in [5.74, 6) is 0.852. The fourth-order valence-corrected chi connectivity index (χ4v) is 2.23. The summed E-state index contributed by atoms with van der Waals surface area (Å²) in [6.07, 6.45) is 5.53. The normalized spacial score (nSPS) is 12.6. The minimum atomic E-state index is -0.148. The number of rotatable bonds is 6. The minimum Gasteiger partial charge on any atom is -0.338 e. The Morgan fingerprint density at radius 2 is 2.20 bits per heavy atom. The Morgan fingerprint density at radius 3 is 2.80 bits per heavy atom. The first kappa shape index (κ1) is 14.7. The maximum absolute atomic E-state index is 13.8. The van der Waals surface area contributed by atoms with Crippen LogP contribution in [0.2, 0.25) is 0 Å². The second-order valence-corrected chi connectivity index (χ2v) is 5.17. The summed E-state index contributed by atoms with van der Waals surface area (Å²) < 4.78 is 15.8. The van der Waals surface area contributed by atoms with E-state index in [0.717, 1.165) is 30.8 Å². The van der Waals surface area contributed by atoms with E-state index < -0.39 is 0 Å². The first-order chi connectivity index (χ1) is 9.61. The third-order valence-corrected chi connectivity index (χ3v) is 3.55. The van der Waals surface area contributed by atoms with Crippen LogP contribution in [0.25, 0.3) is 0 Å². The molecular formula is C16H22FN3. The van der Waals surface area contributed by atoms with E-state index in [4.69, 9.17) is 0 Å². The van der Waals surface area contributed by atoms with Gasteiger partial charge in [0, 0.05) is 31.9 Å². The largest absolute Gasteiger partial charge is 0.338 e. The number of aryl methyl sites for hydroxylation is 2. The SMILES string of the molecule is CCCNC(Cc1nccn1C)c1ccc(C)c(F)c1. The quantitative estimate of drug-likeness (QED) is 0.877. The molecule has 0 saturated carbocycles. The molecule has 0 saturated heterocycles. The van der Waals surface area contributed by atoms with Crippen LogP contribution < -0.4 is 5.32 Å². The lowest BCUT2D eigenvalue weighted by molar-refractivity contribution is 0.507. The summed E-state index contributed by atoms with van der Waals surface area (Å²) in [7, 11) is 1.98. The average Bonchev–Trinajstić information content (AvgIpc) is 2.83. The maximum Gasteiger partial charge on any atom is 0.126 e. The number of aromatic nitrogens is 2. The molecule has 3 nitrogen and oxygen atoms in total. The Hall–Kier alpha value is -1.68. The molecule has 0 fully saturated rings. The van der Waals surface area contributed by atoms with Gasteiger partial charge in [0.1, 0.15) is 11.6 Å². The highest BCUT2D eigenvalue weighted by atomic mass is 19.1. The number of halogens is 1. The van der Waals surface area contributed by atoms with E-state index in [1.54, 1.807) is 19.2 Å². The first-order valence-corrected chi connectivity index (χ1v) is 7.07. The molecule has 20 heavy (non-hydrogen) atoms. The number of hydrogen-bond acceptors (Lipinski definition) is 2. The zero-order chi connectivity index (χ0) is 14.5. The summed E-state index contributed by atoms with van der Waals surface area (Å²) in [5, 5.41) is 3.48. The van der Waals surface area contributed by atoms with Gasteiger partial charge in [-0.15, -0.1) is 0 Å². The molecule has 1 aromatic carbocycles. The van der Waals surface area contributed by atoms with Crippen LogP contribution in [0.3, 0.4) is 0 Å². The molecule has 0 aliphatic rings. The predicted molar refractivity (Wildman–Crippen MR) is 79.1 cm³/mol. The van der Waals surface area contributed by atoms with Crippen LogP contribution in [0.5, 0.6) is 0 Å². The second kappa shape index (κ2) is 6.66. The van der Waals surface area contributed by atoms with Crippen molar-refractivity contribution in [3.8, 4) is 0 Å². The Morgan fingerprint density at radius 1 is 1.40 bits per heavy atom. The number of nitrogens with one attached hydrogen (secondary N) is 1. The van der Waals surface area contributed by atoms with Gasteiger partial charge in [0.05, 0.1) is 0 Å². The van der Waals surface area contributed by atoms with Crippen molar-refractivity contribution in [2.24, 2.45) is 7.05 Å². The van der Waals surface area contributed by atoms with Crippen molar-refractivity contribution < 1.29 is 4.39 Å². The van der Waals surface area contributed by atoms with Crippen LogP contribution in [-0.2, 0) is 13.5 Å². The summed E-state index contributed by atoms with van der Waals surface area (Å²) in [6.45, 7) is 4.82. The lowest BCUT2D eigenvalue weighted by Gasteiger charge is -2.19. The van der Waals surface area contributed by atoms with Gasteiger partial charge in [0.2, 0.25) is 0 Å². The molecule has 4 heteroatoms. The molecule has 0 aliphatic heterocycles.